The molecule has 0 bridgehead atoms. The molecule has 0 unspecified atom stereocenters. The number of hydrogen-bond donors (Lipinski definition) is 1. The first kappa shape index (κ1) is 15.6. The summed E-state index contributed by atoms with van der Waals surface area (Å²) in [5.74, 6) is 0. The standard InChI is InChI=1S/C19H26N2/c1-15-11-16(2)13-18(12-15)14-21(10-6-9-20)19-8-5-4-7-17(19)3/h4-5,7-8,11-13H,6,9-10,14,20H2,1-3H3. The van der Waals surface area contributed by atoms with E-state index in [-0.39, 0.29) is 0 Å². The Labute approximate surface area is 128 Å². The number of nitrogens with two attached hydrogens (primary N) is 1. The zero-order chi connectivity index (χ0) is 15.2. The highest BCUT2D eigenvalue weighted by Crippen LogP contribution is 2.22. The summed E-state index contributed by atoms with van der Waals surface area (Å²) in [6.07, 6.45) is 1.01. The fourth-order valence-electron chi connectivity index (χ4n) is 2.87. The van der Waals surface area contributed by atoms with E-state index in [0.717, 1.165) is 26.1 Å². The van der Waals surface area contributed by atoms with Crippen LogP contribution >= 0.6 is 0 Å². The van der Waals surface area contributed by atoms with Gasteiger partial charge in [0, 0.05) is 18.8 Å². The van der Waals surface area contributed by atoms with Crippen LogP contribution in [-0.4, -0.2) is 13.1 Å². The number of aryl methyl sites for hydroxylation is 3. The molecule has 0 heterocycles. The Morgan fingerprint density at radius 3 is 2.24 bits per heavy atom. The van der Waals surface area contributed by atoms with E-state index in [2.05, 4.69) is 68.1 Å². The second-order valence-electron chi connectivity index (χ2n) is 5.85. The van der Waals surface area contributed by atoms with E-state index in [1.54, 1.807) is 0 Å². The molecule has 2 rings (SSSR count). The van der Waals surface area contributed by atoms with E-state index >= 15 is 0 Å². The van der Waals surface area contributed by atoms with Gasteiger partial charge in [-0.25, -0.2) is 0 Å². The van der Waals surface area contributed by atoms with Crippen molar-refractivity contribution in [2.45, 2.75) is 33.7 Å². The van der Waals surface area contributed by atoms with Crippen LogP contribution in [0.3, 0.4) is 0 Å². The minimum absolute atomic E-state index is 0.731. The molecule has 2 N–H and O–H groups in total. The number of hydrogen-bond acceptors (Lipinski definition) is 2. The number of benzene rings is 2. The third kappa shape index (κ3) is 4.33. The topological polar surface area (TPSA) is 29.3 Å². The predicted molar refractivity (Wildman–Crippen MR) is 91.8 cm³/mol. The van der Waals surface area contributed by atoms with Crippen molar-refractivity contribution in [2.75, 3.05) is 18.0 Å². The second kappa shape index (κ2) is 7.28. The van der Waals surface area contributed by atoms with Crippen molar-refractivity contribution in [1.82, 2.24) is 0 Å². The average molecular weight is 282 g/mol. The molecule has 2 heteroatoms. The van der Waals surface area contributed by atoms with Gasteiger partial charge in [-0.15, -0.1) is 0 Å². The largest absolute Gasteiger partial charge is 0.367 e. The van der Waals surface area contributed by atoms with Gasteiger partial charge in [-0.2, -0.15) is 0 Å². The lowest BCUT2D eigenvalue weighted by Gasteiger charge is -2.27. The molecule has 0 fully saturated rings. The van der Waals surface area contributed by atoms with Crippen LogP contribution in [0.1, 0.15) is 28.7 Å². The minimum atomic E-state index is 0.731. The first-order valence-electron chi connectivity index (χ1n) is 7.68. The van der Waals surface area contributed by atoms with Gasteiger partial charge in [0.05, 0.1) is 0 Å². The van der Waals surface area contributed by atoms with Gasteiger partial charge in [0.15, 0.2) is 0 Å². The van der Waals surface area contributed by atoms with Crippen LogP contribution < -0.4 is 10.6 Å². The monoisotopic (exact) mass is 282 g/mol. The molecule has 0 aliphatic carbocycles. The normalized spacial score (nSPS) is 10.7. The average Bonchev–Trinajstić information content (AvgIpc) is 2.43. The number of nitrogens with zero attached hydrogens (tertiary/aromatic N) is 1. The van der Waals surface area contributed by atoms with Crippen molar-refractivity contribution in [2.24, 2.45) is 5.73 Å². The first-order valence-corrected chi connectivity index (χ1v) is 7.68. The quantitative estimate of drug-likeness (QED) is 0.868. The molecule has 2 aromatic rings. The minimum Gasteiger partial charge on any atom is -0.367 e. The van der Waals surface area contributed by atoms with Crippen LogP contribution in [-0.2, 0) is 6.54 Å². The third-order valence-corrected chi connectivity index (χ3v) is 3.74. The Morgan fingerprint density at radius 2 is 1.62 bits per heavy atom. The highest BCUT2D eigenvalue weighted by molar-refractivity contribution is 5.53. The molecule has 0 saturated heterocycles. The lowest BCUT2D eigenvalue weighted by molar-refractivity contribution is 0.733. The molecular weight excluding hydrogens is 256 g/mol. The van der Waals surface area contributed by atoms with Gasteiger partial charge in [-0.1, -0.05) is 47.5 Å². The molecule has 112 valence electrons. The van der Waals surface area contributed by atoms with Crippen molar-refractivity contribution in [1.29, 1.82) is 0 Å². The van der Waals surface area contributed by atoms with E-state index < -0.39 is 0 Å². The van der Waals surface area contributed by atoms with Crippen LogP contribution in [0, 0.1) is 20.8 Å². The highest BCUT2D eigenvalue weighted by Gasteiger charge is 2.09. The van der Waals surface area contributed by atoms with Crippen LogP contribution in [0.4, 0.5) is 5.69 Å². The van der Waals surface area contributed by atoms with E-state index in [0.29, 0.717) is 0 Å². The van der Waals surface area contributed by atoms with Crippen LogP contribution in [0.25, 0.3) is 0 Å². The van der Waals surface area contributed by atoms with Gasteiger partial charge < -0.3 is 10.6 Å². The Kier molecular flexibility index (Phi) is 5.40. The van der Waals surface area contributed by atoms with Gasteiger partial charge in [-0.3, -0.25) is 0 Å². The van der Waals surface area contributed by atoms with Crippen LogP contribution in [0.5, 0.6) is 0 Å². The van der Waals surface area contributed by atoms with Gasteiger partial charge >= 0.3 is 0 Å². The van der Waals surface area contributed by atoms with Gasteiger partial charge in [0.2, 0.25) is 0 Å². The lowest BCUT2D eigenvalue weighted by Crippen LogP contribution is -2.26. The molecule has 2 aromatic carbocycles. The predicted octanol–water partition coefficient (Wildman–Crippen LogP) is 3.97. The van der Waals surface area contributed by atoms with E-state index in [1.165, 1.54) is 27.9 Å². The SMILES string of the molecule is Cc1cc(C)cc(CN(CCCN)c2ccccc2C)c1. The number of anilines is 1. The van der Waals surface area contributed by atoms with Gasteiger partial charge in [-0.05, 0) is 50.9 Å². The molecule has 21 heavy (non-hydrogen) atoms. The van der Waals surface area contributed by atoms with Gasteiger partial charge in [0.1, 0.15) is 0 Å². The number of para-hydroxylation sites is 1. The van der Waals surface area contributed by atoms with E-state index in [1.807, 2.05) is 0 Å². The smallest absolute Gasteiger partial charge is 0.0429 e. The summed E-state index contributed by atoms with van der Waals surface area (Å²) in [5.41, 5.74) is 12.4. The molecule has 0 aliphatic rings. The molecule has 0 amide bonds. The summed E-state index contributed by atoms with van der Waals surface area (Å²) in [6, 6.07) is 15.4. The summed E-state index contributed by atoms with van der Waals surface area (Å²) in [5, 5.41) is 0. The van der Waals surface area contributed by atoms with Crippen LogP contribution in [0.2, 0.25) is 0 Å². The van der Waals surface area contributed by atoms with E-state index in [4.69, 9.17) is 5.73 Å². The first-order chi connectivity index (χ1) is 10.1. The molecule has 2 nitrogen and oxygen atoms in total. The van der Waals surface area contributed by atoms with Crippen molar-refractivity contribution in [3.05, 3.63) is 64.7 Å². The fourth-order valence-corrected chi connectivity index (χ4v) is 2.87. The molecule has 0 saturated carbocycles. The second-order valence-corrected chi connectivity index (χ2v) is 5.85. The van der Waals surface area contributed by atoms with Crippen molar-refractivity contribution in [3.63, 3.8) is 0 Å². The Hall–Kier alpha value is -1.80. The summed E-state index contributed by atoms with van der Waals surface area (Å²) in [6.45, 7) is 9.16. The summed E-state index contributed by atoms with van der Waals surface area (Å²) >= 11 is 0. The Bertz CT molecular complexity index is 570. The number of rotatable bonds is 6. The molecular formula is C19H26N2. The van der Waals surface area contributed by atoms with Crippen molar-refractivity contribution < 1.29 is 0 Å². The molecule has 0 spiro atoms. The van der Waals surface area contributed by atoms with Crippen molar-refractivity contribution >= 4 is 5.69 Å². The molecule has 0 radical (unpaired) electrons. The van der Waals surface area contributed by atoms with Crippen molar-refractivity contribution in [3.8, 4) is 0 Å². The Morgan fingerprint density at radius 1 is 0.952 bits per heavy atom. The Balaban J connectivity index is 2.26. The summed E-state index contributed by atoms with van der Waals surface area (Å²) in [4.78, 5) is 2.44. The van der Waals surface area contributed by atoms with Crippen LogP contribution in [0.15, 0.2) is 42.5 Å². The maximum absolute atomic E-state index is 5.71. The zero-order valence-corrected chi connectivity index (χ0v) is 13.4. The molecule has 0 aromatic heterocycles. The maximum atomic E-state index is 5.71. The summed E-state index contributed by atoms with van der Waals surface area (Å²) < 4.78 is 0. The fraction of sp³-hybridized carbons (Fsp3) is 0.368. The third-order valence-electron chi connectivity index (χ3n) is 3.74. The lowest BCUT2D eigenvalue weighted by atomic mass is 10.1. The van der Waals surface area contributed by atoms with E-state index in [9.17, 15) is 0 Å². The zero-order valence-electron chi connectivity index (χ0n) is 13.4. The maximum Gasteiger partial charge on any atom is 0.0429 e. The highest BCUT2D eigenvalue weighted by atomic mass is 15.1. The van der Waals surface area contributed by atoms with Gasteiger partial charge in [0.25, 0.3) is 0 Å². The molecule has 0 aliphatic heterocycles. The molecule has 0 atom stereocenters. The summed E-state index contributed by atoms with van der Waals surface area (Å²) in [7, 11) is 0.